The van der Waals surface area contributed by atoms with Gasteiger partial charge in [0.2, 0.25) is 11.8 Å². The van der Waals surface area contributed by atoms with Crippen LogP contribution in [0.4, 0.5) is 11.4 Å². The summed E-state index contributed by atoms with van der Waals surface area (Å²) in [5.74, 6) is 0.385. The van der Waals surface area contributed by atoms with Gasteiger partial charge in [-0.1, -0.05) is 30.3 Å². The molecule has 27 heavy (non-hydrogen) atoms. The number of nitrogens with zero attached hydrogens (tertiary/aromatic N) is 3. The van der Waals surface area contributed by atoms with Crippen LogP contribution in [0.5, 0.6) is 0 Å². The van der Waals surface area contributed by atoms with E-state index in [9.17, 15) is 9.59 Å². The molecule has 5 nitrogen and oxygen atoms in total. The molecule has 0 unspecified atom stereocenters. The standard InChI is InChI=1S/C22H25N3O2/c1-23-20-9-8-19(15-18(20)16-22(23)27)24-11-13-25(14-12-24)21(26)10-7-17-5-3-2-4-6-17/h2-6,8-9,15H,7,10-14,16H2,1H3. The van der Waals surface area contributed by atoms with Crippen LogP contribution in [0.3, 0.4) is 0 Å². The molecule has 2 aromatic carbocycles. The summed E-state index contributed by atoms with van der Waals surface area (Å²) in [4.78, 5) is 30.4. The van der Waals surface area contributed by atoms with Crippen molar-refractivity contribution in [3.8, 4) is 0 Å². The Morgan fingerprint density at radius 2 is 1.74 bits per heavy atom. The number of carbonyl (C=O) groups is 2. The molecule has 4 rings (SSSR count). The minimum absolute atomic E-state index is 0.149. The van der Waals surface area contributed by atoms with E-state index in [0.717, 1.165) is 49.5 Å². The predicted octanol–water partition coefficient (Wildman–Crippen LogP) is 2.49. The lowest BCUT2D eigenvalue weighted by atomic mass is 10.1. The summed E-state index contributed by atoms with van der Waals surface area (Å²) in [6.07, 6.45) is 1.85. The maximum absolute atomic E-state index is 12.5. The largest absolute Gasteiger partial charge is 0.368 e. The first kappa shape index (κ1) is 17.6. The van der Waals surface area contributed by atoms with Gasteiger partial charge in [0.1, 0.15) is 0 Å². The molecule has 140 valence electrons. The highest BCUT2D eigenvalue weighted by molar-refractivity contribution is 6.01. The fourth-order valence-corrected chi connectivity index (χ4v) is 3.92. The second-order valence-electron chi connectivity index (χ2n) is 7.30. The summed E-state index contributed by atoms with van der Waals surface area (Å²) in [6, 6.07) is 16.4. The molecule has 2 aliphatic rings. The molecule has 2 aromatic rings. The zero-order valence-electron chi connectivity index (χ0n) is 15.7. The van der Waals surface area contributed by atoms with Crippen molar-refractivity contribution in [2.45, 2.75) is 19.3 Å². The number of fused-ring (bicyclic) bond motifs is 1. The van der Waals surface area contributed by atoms with Crippen LogP contribution >= 0.6 is 0 Å². The van der Waals surface area contributed by atoms with Crippen molar-refractivity contribution in [3.05, 3.63) is 59.7 Å². The van der Waals surface area contributed by atoms with Crippen LogP contribution in [0.25, 0.3) is 0 Å². The lowest BCUT2D eigenvalue weighted by molar-refractivity contribution is -0.131. The highest BCUT2D eigenvalue weighted by Crippen LogP contribution is 2.31. The number of aryl methyl sites for hydroxylation is 1. The maximum atomic E-state index is 12.5. The van der Waals surface area contributed by atoms with Crippen molar-refractivity contribution in [1.29, 1.82) is 0 Å². The van der Waals surface area contributed by atoms with Crippen LogP contribution in [0.1, 0.15) is 17.5 Å². The smallest absolute Gasteiger partial charge is 0.231 e. The van der Waals surface area contributed by atoms with Crippen LogP contribution in [0.15, 0.2) is 48.5 Å². The lowest BCUT2D eigenvalue weighted by Gasteiger charge is -2.36. The van der Waals surface area contributed by atoms with Gasteiger partial charge in [0.15, 0.2) is 0 Å². The predicted molar refractivity (Wildman–Crippen MR) is 107 cm³/mol. The van der Waals surface area contributed by atoms with Crippen LogP contribution in [-0.2, 0) is 22.4 Å². The van der Waals surface area contributed by atoms with Crippen molar-refractivity contribution >= 4 is 23.2 Å². The van der Waals surface area contributed by atoms with Gasteiger partial charge in [-0.3, -0.25) is 9.59 Å². The number of amides is 2. The molecular formula is C22H25N3O2. The van der Waals surface area contributed by atoms with Gasteiger partial charge < -0.3 is 14.7 Å². The quantitative estimate of drug-likeness (QED) is 0.838. The molecule has 0 aliphatic carbocycles. The number of anilines is 2. The molecule has 5 heteroatoms. The number of likely N-dealkylation sites (N-methyl/N-ethyl adjacent to an activating group) is 1. The second-order valence-corrected chi connectivity index (χ2v) is 7.30. The van der Waals surface area contributed by atoms with Gasteiger partial charge in [0.05, 0.1) is 6.42 Å². The van der Waals surface area contributed by atoms with Gasteiger partial charge in [0, 0.05) is 51.0 Å². The summed E-state index contributed by atoms with van der Waals surface area (Å²) in [7, 11) is 1.83. The summed E-state index contributed by atoms with van der Waals surface area (Å²) in [6.45, 7) is 3.17. The molecule has 0 radical (unpaired) electrons. The van der Waals surface area contributed by atoms with Crippen molar-refractivity contribution < 1.29 is 9.59 Å². The Labute approximate surface area is 160 Å². The van der Waals surface area contributed by atoms with E-state index >= 15 is 0 Å². The number of carbonyl (C=O) groups excluding carboxylic acids is 2. The zero-order chi connectivity index (χ0) is 18.8. The van der Waals surface area contributed by atoms with Crippen molar-refractivity contribution in [2.24, 2.45) is 0 Å². The van der Waals surface area contributed by atoms with Gasteiger partial charge in [-0.25, -0.2) is 0 Å². The molecule has 2 aliphatic heterocycles. The van der Waals surface area contributed by atoms with E-state index in [0.29, 0.717) is 12.8 Å². The Bertz CT molecular complexity index is 842. The first-order chi connectivity index (χ1) is 13.1. The summed E-state index contributed by atoms with van der Waals surface area (Å²) in [5.41, 5.74) is 4.47. The average molecular weight is 363 g/mol. The normalized spacial score (nSPS) is 16.6. The molecule has 2 heterocycles. The molecule has 1 fully saturated rings. The summed E-state index contributed by atoms with van der Waals surface area (Å²) in [5, 5.41) is 0. The van der Waals surface area contributed by atoms with Crippen LogP contribution < -0.4 is 9.80 Å². The van der Waals surface area contributed by atoms with Gasteiger partial charge in [-0.15, -0.1) is 0 Å². The third-order valence-corrected chi connectivity index (χ3v) is 5.61. The minimum Gasteiger partial charge on any atom is -0.368 e. The molecule has 2 amide bonds. The first-order valence-corrected chi connectivity index (χ1v) is 9.58. The SMILES string of the molecule is CN1C(=O)Cc2cc(N3CCN(C(=O)CCc4ccccc4)CC3)ccc21. The van der Waals surface area contributed by atoms with Crippen LogP contribution in [0.2, 0.25) is 0 Å². The number of piperazine rings is 1. The Balaban J connectivity index is 1.32. The van der Waals surface area contributed by atoms with E-state index in [1.54, 1.807) is 4.90 Å². The minimum atomic E-state index is 0.149. The second kappa shape index (κ2) is 7.43. The summed E-state index contributed by atoms with van der Waals surface area (Å²) < 4.78 is 0. The molecule has 0 atom stereocenters. The first-order valence-electron chi connectivity index (χ1n) is 9.58. The van der Waals surface area contributed by atoms with Crippen molar-refractivity contribution in [2.75, 3.05) is 43.0 Å². The van der Waals surface area contributed by atoms with E-state index in [-0.39, 0.29) is 11.8 Å². The van der Waals surface area contributed by atoms with Crippen LogP contribution in [0, 0.1) is 0 Å². The van der Waals surface area contributed by atoms with E-state index in [1.165, 1.54) is 5.56 Å². The van der Waals surface area contributed by atoms with Gasteiger partial charge in [0.25, 0.3) is 0 Å². The van der Waals surface area contributed by atoms with Gasteiger partial charge in [-0.05, 0) is 35.7 Å². The number of rotatable bonds is 4. The van der Waals surface area contributed by atoms with Crippen molar-refractivity contribution in [3.63, 3.8) is 0 Å². The highest BCUT2D eigenvalue weighted by Gasteiger charge is 2.26. The molecule has 1 saturated heterocycles. The van der Waals surface area contributed by atoms with Gasteiger partial charge >= 0.3 is 0 Å². The fraction of sp³-hybridized carbons (Fsp3) is 0.364. The van der Waals surface area contributed by atoms with E-state index in [1.807, 2.05) is 36.2 Å². The molecule has 0 spiro atoms. The Hall–Kier alpha value is -2.82. The Kier molecular flexibility index (Phi) is 4.84. The Morgan fingerprint density at radius 3 is 2.48 bits per heavy atom. The van der Waals surface area contributed by atoms with E-state index in [4.69, 9.17) is 0 Å². The van der Waals surface area contributed by atoms with E-state index < -0.39 is 0 Å². The third kappa shape index (κ3) is 3.68. The number of hydrogen-bond donors (Lipinski definition) is 0. The molecule has 0 aromatic heterocycles. The van der Waals surface area contributed by atoms with Crippen LogP contribution in [-0.4, -0.2) is 49.9 Å². The molecule has 0 saturated carbocycles. The molecular weight excluding hydrogens is 338 g/mol. The molecule has 0 bridgehead atoms. The monoisotopic (exact) mass is 363 g/mol. The summed E-state index contributed by atoms with van der Waals surface area (Å²) >= 11 is 0. The lowest BCUT2D eigenvalue weighted by Crippen LogP contribution is -2.48. The fourth-order valence-electron chi connectivity index (χ4n) is 3.92. The number of benzene rings is 2. The highest BCUT2D eigenvalue weighted by atomic mass is 16.2. The van der Waals surface area contributed by atoms with Gasteiger partial charge in [-0.2, -0.15) is 0 Å². The average Bonchev–Trinajstić information content (AvgIpc) is 3.00. The van der Waals surface area contributed by atoms with Crippen molar-refractivity contribution in [1.82, 2.24) is 4.90 Å². The van der Waals surface area contributed by atoms with E-state index in [2.05, 4.69) is 29.2 Å². The number of hydrogen-bond acceptors (Lipinski definition) is 3. The molecule has 0 N–H and O–H groups in total. The Morgan fingerprint density at radius 1 is 1.00 bits per heavy atom. The maximum Gasteiger partial charge on any atom is 0.231 e. The zero-order valence-corrected chi connectivity index (χ0v) is 15.7. The third-order valence-electron chi connectivity index (χ3n) is 5.61. The topological polar surface area (TPSA) is 43.9 Å².